The first-order chi connectivity index (χ1) is 21.4. The number of hydrogen-bond donors (Lipinski definition) is 3. The molecule has 2 unspecified atom stereocenters. The van der Waals surface area contributed by atoms with Gasteiger partial charge in [0.05, 0.1) is 13.2 Å². The number of nitrogens with two attached hydrogens (primary N) is 1. The molecule has 0 amide bonds. The third kappa shape index (κ3) is 33.6. The van der Waals surface area contributed by atoms with Gasteiger partial charge in [-0.25, -0.2) is 4.57 Å². The molecule has 2 atom stereocenters. The van der Waals surface area contributed by atoms with Gasteiger partial charge in [-0.1, -0.05) is 133 Å². The fraction of sp³-hybridized carbons (Fsp3) is 0.800. The smallest absolute Gasteiger partial charge is 0.463 e. The molecule has 0 aromatic carbocycles. The zero-order valence-electron chi connectivity index (χ0n) is 27.9. The minimum Gasteiger partial charge on any atom is -0.463 e. The lowest BCUT2D eigenvalue weighted by Crippen LogP contribution is -2.23. The second-order valence-corrected chi connectivity index (χ2v) is 13.0. The van der Waals surface area contributed by atoms with E-state index in [4.69, 9.17) is 10.5 Å². The van der Waals surface area contributed by atoms with E-state index in [0.717, 1.165) is 32.1 Å². The summed E-state index contributed by atoms with van der Waals surface area (Å²) in [4.78, 5) is 21.2. The Kier molecular flexibility index (Phi) is 32.1. The van der Waals surface area contributed by atoms with Gasteiger partial charge in [-0.15, -0.1) is 0 Å². The number of phosphoric ester groups is 1. The number of unbranched alkanes of at least 4 members (excludes halogenated alkanes) is 17. The van der Waals surface area contributed by atoms with E-state index in [1.54, 1.807) is 0 Å². The number of ether oxygens (including phenoxy) is 1. The highest BCUT2D eigenvalue weighted by molar-refractivity contribution is 7.47. The Bertz CT molecular complexity index is 772. The summed E-state index contributed by atoms with van der Waals surface area (Å²) >= 11 is 0. The van der Waals surface area contributed by atoms with Crippen molar-refractivity contribution >= 4 is 13.8 Å². The van der Waals surface area contributed by atoms with Crippen molar-refractivity contribution in [2.24, 2.45) is 5.73 Å². The summed E-state index contributed by atoms with van der Waals surface area (Å²) in [5, 5.41) is 9.74. The maximum absolute atomic E-state index is 11.8. The predicted octanol–water partition coefficient (Wildman–Crippen LogP) is 9.25. The molecule has 9 heteroatoms. The fourth-order valence-corrected chi connectivity index (χ4v) is 5.41. The normalized spacial score (nSPS) is 14.2. The first-order valence-electron chi connectivity index (χ1n) is 17.5. The van der Waals surface area contributed by atoms with Crippen LogP contribution in [0, 0.1) is 0 Å². The van der Waals surface area contributed by atoms with Crippen LogP contribution in [0.25, 0.3) is 0 Å². The summed E-state index contributed by atoms with van der Waals surface area (Å²) in [6.45, 7) is 1.44. The van der Waals surface area contributed by atoms with Gasteiger partial charge in [0.1, 0.15) is 12.7 Å². The van der Waals surface area contributed by atoms with Crippen LogP contribution in [0.5, 0.6) is 0 Å². The minimum atomic E-state index is -4.25. The van der Waals surface area contributed by atoms with Crippen molar-refractivity contribution in [3.05, 3.63) is 36.5 Å². The molecule has 0 aliphatic carbocycles. The Morgan fingerprint density at radius 3 is 1.64 bits per heavy atom. The van der Waals surface area contributed by atoms with Gasteiger partial charge in [-0.05, 0) is 44.9 Å². The molecule has 258 valence electrons. The summed E-state index contributed by atoms with van der Waals surface area (Å²) in [5.74, 6) is -0.388. The molecule has 0 radical (unpaired) electrons. The molecular formula is C35H66NO7P. The second kappa shape index (κ2) is 33.1. The number of phosphoric acid groups is 1. The monoisotopic (exact) mass is 643 g/mol. The van der Waals surface area contributed by atoms with Crippen LogP contribution in [0.1, 0.15) is 148 Å². The van der Waals surface area contributed by atoms with Crippen LogP contribution in [-0.2, 0) is 23.1 Å². The first kappa shape index (κ1) is 42.7. The average molecular weight is 644 g/mol. The first-order valence-corrected chi connectivity index (χ1v) is 19.0. The summed E-state index contributed by atoms with van der Waals surface area (Å²) in [6, 6.07) is 0. The van der Waals surface area contributed by atoms with E-state index in [1.807, 2.05) is 0 Å². The van der Waals surface area contributed by atoms with Crippen molar-refractivity contribution in [1.29, 1.82) is 0 Å². The van der Waals surface area contributed by atoms with Gasteiger partial charge >= 0.3 is 13.8 Å². The molecule has 0 saturated heterocycles. The van der Waals surface area contributed by atoms with Crippen molar-refractivity contribution in [3.8, 4) is 0 Å². The molecule has 0 bridgehead atoms. The number of carbonyl (C=O) groups excluding carboxylic acids is 1. The summed E-state index contributed by atoms with van der Waals surface area (Å²) < 4.78 is 25.7. The molecule has 0 aliphatic heterocycles. The van der Waals surface area contributed by atoms with Crippen LogP contribution in [0.3, 0.4) is 0 Å². The van der Waals surface area contributed by atoms with Gasteiger partial charge in [0, 0.05) is 13.0 Å². The van der Waals surface area contributed by atoms with Crippen LogP contribution in [-0.4, -0.2) is 48.4 Å². The highest BCUT2D eigenvalue weighted by Crippen LogP contribution is 2.42. The van der Waals surface area contributed by atoms with Crippen LogP contribution >= 0.6 is 7.82 Å². The molecule has 4 N–H and O–H groups in total. The lowest BCUT2D eigenvalue weighted by molar-refractivity contribution is -0.147. The standard InChI is InChI=1S/C35H66NO7P/c1-2-3-4-5-6-7-8-9-10-11-12-13-14-15-16-17-18-19-20-21-22-23-24-25-26-27-28-29-35(38)41-32-34(37)33-43-44(39,40)42-31-30-36/h8-9,11-12,14-15,34,37H,2-7,10,13,16-33,36H2,1H3,(H,39,40)/b9-8-,12-11-,15-14-. The molecular weight excluding hydrogens is 577 g/mol. The Morgan fingerprint density at radius 2 is 1.14 bits per heavy atom. The molecule has 0 spiro atoms. The maximum atomic E-state index is 11.8. The van der Waals surface area contributed by atoms with Crippen molar-refractivity contribution in [2.75, 3.05) is 26.4 Å². The van der Waals surface area contributed by atoms with Gasteiger partial charge in [-0.2, -0.15) is 0 Å². The summed E-state index contributed by atoms with van der Waals surface area (Å²) in [6.07, 6.45) is 38.7. The number of carbonyl (C=O) groups is 1. The van der Waals surface area contributed by atoms with Crippen LogP contribution in [0.2, 0.25) is 0 Å². The molecule has 0 fully saturated rings. The Labute approximate surface area is 269 Å². The zero-order valence-corrected chi connectivity index (χ0v) is 28.8. The van der Waals surface area contributed by atoms with E-state index in [0.29, 0.717) is 6.42 Å². The van der Waals surface area contributed by atoms with Crippen LogP contribution in [0.15, 0.2) is 36.5 Å². The third-order valence-electron chi connectivity index (χ3n) is 7.26. The largest absolute Gasteiger partial charge is 0.472 e. The Hall–Kier alpha value is -1.28. The van der Waals surface area contributed by atoms with E-state index in [1.165, 1.54) is 103 Å². The Morgan fingerprint density at radius 1 is 0.682 bits per heavy atom. The number of aliphatic hydroxyl groups excluding tert-OH is 1. The molecule has 44 heavy (non-hydrogen) atoms. The highest BCUT2D eigenvalue weighted by Gasteiger charge is 2.22. The lowest BCUT2D eigenvalue weighted by atomic mass is 10.0. The fourth-order valence-electron chi connectivity index (χ4n) is 4.64. The van der Waals surface area contributed by atoms with E-state index in [2.05, 4.69) is 52.4 Å². The molecule has 0 rings (SSSR count). The zero-order chi connectivity index (χ0) is 32.4. The van der Waals surface area contributed by atoms with Crippen molar-refractivity contribution in [3.63, 3.8) is 0 Å². The van der Waals surface area contributed by atoms with Crippen molar-refractivity contribution < 1.29 is 33.1 Å². The van der Waals surface area contributed by atoms with Crippen molar-refractivity contribution in [2.45, 2.75) is 154 Å². The average Bonchev–Trinajstić information content (AvgIpc) is 3.01. The molecule has 0 aliphatic rings. The predicted molar refractivity (Wildman–Crippen MR) is 182 cm³/mol. The van der Waals surface area contributed by atoms with Gasteiger partial charge in [0.2, 0.25) is 0 Å². The van der Waals surface area contributed by atoms with Crippen LogP contribution in [0.4, 0.5) is 0 Å². The van der Waals surface area contributed by atoms with E-state index in [-0.39, 0.29) is 25.7 Å². The second-order valence-electron chi connectivity index (χ2n) is 11.6. The van der Waals surface area contributed by atoms with Gasteiger partial charge in [0.15, 0.2) is 0 Å². The number of allylic oxidation sites excluding steroid dienone is 6. The van der Waals surface area contributed by atoms with Gasteiger partial charge < -0.3 is 20.5 Å². The number of aliphatic hydroxyl groups is 1. The number of esters is 1. The minimum absolute atomic E-state index is 0.0733. The topological polar surface area (TPSA) is 128 Å². The Balaban J connectivity index is 3.39. The van der Waals surface area contributed by atoms with Gasteiger partial charge in [-0.3, -0.25) is 13.8 Å². The van der Waals surface area contributed by atoms with E-state index < -0.39 is 20.5 Å². The highest BCUT2D eigenvalue weighted by atomic mass is 31.2. The van der Waals surface area contributed by atoms with E-state index >= 15 is 0 Å². The van der Waals surface area contributed by atoms with Gasteiger partial charge in [0.25, 0.3) is 0 Å². The van der Waals surface area contributed by atoms with Crippen molar-refractivity contribution in [1.82, 2.24) is 0 Å². The molecule has 0 saturated carbocycles. The van der Waals surface area contributed by atoms with Crippen LogP contribution < -0.4 is 5.73 Å². The third-order valence-corrected chi connectivity index (χ3v) is 8.24. The quantitative estimate of drug-likeness (QED) is 0.0279. The summed E-state index contributed by atoms with van der Waals surface area (Å²) in [5.41, 5.74) is 5.19. The lowest BCUT2D eigenvalue weighted by Gasteiger charge is -2.15. The summed E-state index contributed by atoms with van der Waals surface area (Å²) in [7, 11) is -4.25. The SMILES string of the molecule is CCCCCCC/C=C\C/C=C\C/C=C\CCCCCCCCCCCCCCC(=O)OCC(O)COP(=O)(O)OCCN. The molecule has 0 aromatic heterocycles. The molecule has 0 aromatic rings. The maximum Gasteiger partial charge on any atom is 0.472 e. The number of rotatable bonds is 33. The van der Waals surface area contributed by atoms with E-state index in [9.17, 15) is 19.4 Å². The molecule has 8 nitrogen and oxygen atoms in total. The number of hydrogen-bond acceptors (Lipinski definition) is 7. The molecule has 0 heterocycles.